The summed E-state index contributed by atoms with van der Waals surface area (Å²) in [5.74, 6) is -3.78. The van der Waals surface area contributed by atoms with Crippen LogP contribution < -0.4 is 0 Å². The lowest BCUT2D eigenvalue weighted by Gasteiger charge is -2.36. The van der Waals surface area contributed by atoms with Gasteiger partial charge in [0.05, 0.1) is 37.4 Å². The van der Waals surface area contributed by atoms with E-state index in [1.807, 2.05) is 25.1 Å². The predicted molar refractivity (Wildman–Crippen MR) is 152 cm³/mol. The van der Waals surface area contributed by atoms with Gasteiger partial charge in [-0.3, -0.25) is 14.6 Å². The Labute approximate surface area is 241 Å². The van der Waals surface area contributed by atoms with Crippen molar-refractivity contribution in [3.05, 3.63) is 69.5 Å². The summed E-state index contributed by atoms with van der Waals surface area (Å²) < 4.78 is 5.45. The fourth-order valence-electron chi connectivity index (χ4n) is 5.87. The number of rotatable bonds is 9. The zero-order valence-corrected chi connectivity index (χ0v) is 24.0. The fourth-order valence-corrected chi connectivity index (χ4v) is 6.25. The van der Waals surface area contributed by atoms with E-state index in [0.717, 1.165) is 29.1 Å². The molecular formula is C30H33BrN2O7. The zero-order valence-electron chi connectivity index (χ0n) is 22.4. The number of benzene rings is 1. The van der Waals surface area contributed by atoms with Crippen molar-refractivity contribution in [3.63, 3.8) is 0 Å². The molecule has 212 valence electrons. The van der Waals surface area contributed by atoms with Crippen molar-refractivity contribution in [1.82, 2.24) is 9.88 Å². The minimum Gasteiger partial charge on any atom is -0.507 e. The number of phenols is 1. The number of nitrogens with zero attached hydrogens (tertiary/aromatic N) is 2. The fraction of sp³-hybridized carbons (Fsp3) is 0.400. The number of aliphatic hydroxyl groups is 2. The highest BCUT2D eigenvalue weighted by atomic mass is 79.9. The number of amides is 3. The molecule has 0 spiro atoms. The molecule has 3 amide bonds. The SMILES string of the molecule is CCCC1=C([C@H](O)CC/C(=C/c2cc(Br)ccc2O)c2ccccn2)[C@H](CO)[C@@H]2C(=O)N(C(=O)OC)C(=O)[C@@H]2C1. The van der Waals surface area contributed by atoms with Crippen LogP contribution in [0, 0.1) is 17.8 Å². The van der Waals surface area contributed by atoms with Crippen LogP contribution in [0.4, 0.5) is 4.79 Å². The molecule has 0 radical (unpaired) electrons. The molecule has 2 heterocycles. The number of ether oxygens (including phenoxy) is 1. The van der Waals surface area contributed by atoms with Crippen molar-refractivity contribution >= 4 is 45.5 Å². The quantitative estimate of drug-likeness (QED) is 0.273. The van der Waals surface area contributed by atoms with Crippen LogP contribution in [0.15, 0.2) is 58.2 Å². The molecule has 0 unspecified atom stereocenters. The number of methoxy groups -OCH3 is 1. The summed E-state index contributed by atoms with van der Waals surface area (Å²) in [4.78, 5) is 43.4. The van der Waals surface area contributed by atoms with Crippen LogP contribution in [0.1, 0.15) is 50.3 Å². The summed E-state index contributed by atoms with van der Waals surface area (Å²) in [6.07, 6.45) is 3.61. The van der Waals surface area contributed by atoms with E-state index >= 15 is 0 Å². The summed E-state index contributed by atoms with van der Waals surface area (Å²) in [5.41, 5.74) is 3.44. The molecular weight excluding hydrogens is 580 g/mol. The number of hydrogen-bond acceptors (Lipinski definition) is 8. The van der Waals surface area contributed by atoms with E-state index in [9.17, 15) is 29.7 Å². The third kappa shape index (κ3) is 5.89. The van der Waals surface area contributed by atoms with Gasteiger partial charge in [0.25, 0.3) is 0 Å². The number of likely N-dealkylation sites (tertiary alicyclic amines) is 1. The summed E-state index contributed by atoms with van der Waals surface area (Å²) in [6.45, 7) is 1.52. The van der Waals surface area contributed by atoms with Gasteiger partial charge in [0.1, 0.15) is 5.75 Å². The highest BCUT2D eigenvalue weighted by molar-refractivity contribution is 9.10. The standard InChI is InChI=1S/C30H33BrN2O7/c1-3-6-18-15-21-27(29(38)33(28(21)37)30(39)40-2)22(16-34)26(18)25(36)10-8-17(23-7-4-5-12-32-23)13-19-14-20(31)9-11-24(19)35/h4-5,7,9,11-14,21-22,25,27,34-36H,3,6,8,10,15-16H2,1-2H3/b17-13-/t21-,22+,25-,27-/m1/s1. The van der Waals surface area contributed by atoms with E-state index in [1.54, 1.807) is 30.5 Å². The molecule has 9 nitrogen and oxygen atoms in total. The minimum atomic E-state index is -1.04. The van der Waals surface area contributed by atoms with Crippen molar-refractivity contribution in [3.8, 4) is 5.75 Å². The Bertz CT molecular complexity index is 1340. The number of hydrogen-bond donors (Lipinski definition) is 3. The Kier molecular flexibility index (Phi) is 9.55. The average molecular weight is 614 g/mol. The molecule has 2 aromatic rings. The number of imide groups is 3. The van der Waals surface area contributed by atoms with Gasteiger partial charge in [0.2, 0.25) is 11.8 Å². The third-order valence-electron chi connectivity index (χ3n) is 7.65. The molecule has 1 aliphatic carbocycles. The Morgan fingerprint density at radius 3 is 2.67 bits per heavy atom. The number of aromatic nitrogens is 1. The second kappa shape index (κ2) is 12.9. The van der Waals surface area contributed by atoms with E-state index in [4.69, 9.17) is 0 Å². The first-order chi connectivity index (χ1) is 19.2. The molecule has 2 aliphatic rings. The highest BCUT2D eigenvalue weighted by Gasteiger charge is 2.57. The Hall–Kier alpha value is -3.34. The summed E-state index contributed by atoms with van der Waals surface area (Å²) in [7, 11) is 1.10. The first kappa shape index (κ1) is 29.6. The van der Waals surface area contributed by atoms with Gasteiger partial charge >= 0.3 is 6.09 Å². The number of carbonyl (C=O) groups excluding carboxylic acids is 3. The number of phenolic OH excluding ortho intramolecular Hbond substituents is 1. The van der Waals surface area contributed by atoms with E-state index in [0.29, 0.717) is 34.6 Å². The molecule has 10 heteroatoms. The van der Waals surface area contributed by atoms with Crippen LogP contribution in [-0.4, -0.2) is 62.9 Å². The Morgan fingerprint density at radius 2 is 2.02 bits per heavy atom. The highest BCUT2D eigenvalue weighted by Crippen LogP contribution is 2.47. The van der Waals surface area contributed by atoms with Gasteiger partial charge in [-0.05, 0) is 73.2 Å². The zero-order chi connectivity index (χ0) is 29.0. The van der Waals surface area contributed by atoms with Crippen molar-refractivity contribution in [2.75, 3.05) is 13.7 Å². The van der Waals surface area contributed by atoms with Crippen molar-refractivity contribution in [1.29, 1.82) is 0 Å². The van der Waals surface area contributed by atoms with E-state index < -0.39 is 48.4 Å². The maximum absolute atomic E-state index is 13.2. The van der Waals surface area contributed by atoms with Gasteiger partial charge in [-0.2, -0.15) is 4.90 Å². The normalized spacial score (nSPS) is 22.0. The Morgan fingerprint density at radius 1 is 1.25 bits per heavy atom. The number of fused-ring (bicyclic) bond motifs is 1. The Balaban J connectivity index is 1.67. The second-order valence-electron chi connectivity index (χ2n) is 10.1. The molecule has 1 aromatic heterocycles. The van der Waals surface area contributed by atoms with Gasteiger partial charge in [-0.1, -0.05) is 40.9 Å². The lowest BCUT2D eigenvalue weighted by Crippen LogP contribution is -2.40. The smallest absolute Gasteiger partial charge is 0.423 e. The van der Waals surface area contributed by atoms with Gasteiger partial charge in [0.15, 0.2) is 0 Å². The second-order valence-corrected chi connectivity index (χ2v) is 11.0. The largest absolute Gasteiger partial charge is 0.507 e. The third-order valence-corrected chi connectivity index (χ3v) is 8.14. The first-order valence-corrected chi connectivity index (χ1v) is 14.1. The van der Waals surface area contributed by atoms with E-state index in [-0.39, 0.29) is 18.6 Å². The summed E-state index contributed by atoms with van der Waals surface area (Å²) in [6, 6.07) is 10.6. The lowest BCUT2D eigenvalue weighted by molar-refractivity contribution is -0.137. The number of halogens is 1. The summed E-state index contributed by atoms with van der Waals surface area (Å²) >= 11 is 3.43. The molecule has 3 N–H and O–H groups in total. The number of pyridine rings is 1. The topological polar surface area (TPSA) is 137 Å². The van der Waals surface area contributed by atoms with Gasteiger partial charge < -0.3 is 20.1 Å². The maximum Gasteiger partial charge on any atom is 0.423 e. The minimum absolute atomic E-state index is 0.100. The average Bonchev–Trinajstić information content (AvgIpc) is 3.21. The molecule has 40 heavy (non-hydrogen) atoms. The first-order valence-electron chi connectivity index (χ1n) is 13.3. The number of aromatic hydroxyl groups is 1. The van der Waals surface area contributed by atoms with Gasteiger partial charge in [0, 0.05) is 22.2 Å². The van der Waals surface area contributed by atoms with Crippen LogP contribution in [0.5, 0.6) is 5.75 Å². The number of aliphatic hydroxyl groups excluding tert-OH is 2. The van der Waals surface area contributed by atoms with Crippen LogP contribution in [0.25, 0.3) is 11.6 Å². The van der Waals surface area contributed by atoms with E-state index in [1.165, 1.54) is 0 Å². The van der Waals surface area contributed by atoms with Gasteiger partial charge in [-0.15, -0.1) is 0 Å². The summed E-state index contributed by atoms with van der Waals surface area (Å²) in [5, 5.41) is 32.4. The van der Waals surface area contributed by atoms with Crippen molar-refractivity contribution in [2.45, 2.75) is 45.1 Å². The molecule has 1 saturated heterocycles. The molecule has 0 saturated carbocycles. The molecule has 0 bridgehead atoms. The monoisotopic (exact) mass is 612 g/mol. The molecule has 1 aromatic carbocycles. The van der Waals surface area contributed by atoms with Crippen LogP contribution in [0.3, 0.4) is 0 Å². The molecule has 4 rings (SSSR count). The number of carbonyl (C=O) groups is 3. The molecule has 4 atom stereocenters. The molecule has 1 aliphatic heterocycles. The van der Waals surface area contributed by atoms with Crippen LogP contribution >= 0.6 is 15.9 Å². The van der Waals surface area contributed by atoms with Crippen LogP contribution in [0.2, 0.25) is 0 Å². The predicted octanol–water partition coefficient (Wildman–Crippen LogP) is 4.71. The maximum atomic E-state index is 13.2. The van der Waals surface area contributed by atoms with Crippen LogP contribution in [-0.2, 0) is 14.3 Å². The van der Waals surface area contributed by atoms with Crippen molar-refractivity contribution in [2.24, 2.45) is 17.8 Å². The van der Waals surface area contributed by atoms with Crippen molar-refractivity contribution < 1.29 is 34.4 Å². The van der Waals surface area contributed by atoms with E-state index in [2.05, 4.69) is 25.7 Å². The number of allylic oxidation sites excluding steroid dienone is 2. The van der Waals surface area contributed by atoms with Gasteiger partial charge in [-0.25, -0.2) is 4.79 Å². The lowest BCUT2D eigenvalue weighted by atomic mass is 9.67. The molecule has 1 fully saturated rings.